The minimum absolute atomic E-state index is 0.152. The molecule has 0 heterocycles. The standard InChI is InChI=1S/C9H20N2O3S/c1-11(2,3)5-7(12)4-10-8(6-15)9(13)14/h7-8,10,12H,4-6H2,1-3H3,(H-,13,14,15)/t7?,8-/m0/s1. The quantitative estimate of drug-likeness (QED) is 0.343. The number of rotatable bonds is 7. The number of aliphatic hydroxyl groups is 1. The number of nitrogens with zero attached hydrogens (tertiary/aromatic N) is 1. The maximum atomic E-state index is 10.5. The number of carboxylic acids is 1. The highest BCUT2D eigenvalue weighted by molar-refractivity contribution is 7.80. The number of likely N-dealkylation sites (N-methyl/N-ethyl adjacent to an activating group) is 1. The van der Waals surface area contributed by atoms with E-state index in [0.29, 0.717) is 11.0 Å². The third-order valence-electron chi connectivity index (χ3n) is 1.83. The van der Waals surface area contributed by atoms with Gasteiger partial charge in [0.2, 0.25) is 0 Å². The van der Waals surface area contributed by atoms with Gasteiger partial charge in [-0.2, -0.15) is 12.6 Å². The number of carbonyl (C=O) groups is 1. The Morgan fingerprint density at radius 1 is 1.53 bits per heavy atom. The number of carbonyl (C=O) groups excluding carboxylic acids is 1. The zero-order valence-electron chi connectivity index (χ0n) is 9.43. The van der Waals surface area contributed by atoms with Crippen molar-refractivity contribution in [1.29, 1.82) is 0 Å². The maximum absolute atomic E-state index is 10.5. The number of hydrogen-bond donors (Lipinski definition) is 3. The Morgan fingerprint density at radius 2 is 2.07 bits per heavy atom. The molecule has 90 valence electrons. The molecule has 0 rings (SSSR count). The van der Waals surface area contributed by atoms with Gasteiger partial charge >= 0.3 is 0 Å². The molecule has 0 radical (unpaired) electrons. The van der Waals surface area contributed by atoms with Gasteiger partial charge in [0, 0.05) is 12.3 Å². The fourth-order valence-corrected chi connectivity index (χ4v) is 1.48. The molecular formula is C9H20N2O3S. The van der Waals surface area contributed by atoms with E-state index in [4.69, 9.17) is 0 Å². The van der Waals surface area contributed by atoms with E-state index in [0.717, 1.165) is 0 Å². The third-order valence-corrected chi connectivity index (χ3v) is 2.19. The van der Waals surface area contributed by atoms with Crippen LogP contribution in [0.3, 0.4) is 0 Å². The van der Waals surface area contributed by atoms with Gasteiger partial charge < -0.3 is 24.8 Å². The molecule has 6 heteroatoms. The number of quaternary nitrogens is 1. The van der Waals surface area contributed by atoms with Crippen LogP contribution in [0.2, 0.25) is 0 Å². The van der Waals surface area contributed by atoms with Crippen LogP contribution in [-0.2, 0) is 4.79 Å². The molecule has 0 fully saturated rings. The predicted molar refractivity (Wildman–Crippen MR) is 59.6 cm³/mol. The van der Waals surface area contributed by atoms with Gasteiger partial charge in [-0.1, -0.05) is 0 Å². The first-order valence-corrected chi connectivity index (χ1v) is 5.43. The first-order valence-electron chi connectivity index (χ1n) is 4.80. The summed E-state index contributed by atoms with van der Waals surface area (Å²) in [7, 11) is 5.87. The van der Waals surface area contributed by atoms with Crippen molar-refractivity contribution in [2.45, 2.75) is 12.1 Å². The van der Waals surface area contributed by atoms with E-state index in [9.17, 15) is 15.0 Å². The van der Waals surface area contributed by atoms with Crippen molar-refractivity contribution in [3.8, 4) is 0 Å². The lowest BCUT2D eigenvalue weighted by Gasteiger charge is -2.28. The second-order valence-electron chi connectivity index (χ2n) is 4.59. The summed E-state index contributed by atoms with van der Waals surface area (Å²) >= 11 is 3.87. The second-order valence-corrected chi connectivity index (χ2v) is 4.95. The first kappa shape index (κ1) is 14.7. The molecule has 15 heavy (non-hydrogen) atoms. The van der Waals surface area contributed by atoms with Gasteiger partial charge in [-0.25, -0.2) is 0 Å². The predicted octanol–water partition coefficient (Wildman–Crippen LogP) is -2.31. The van der Waals surface area contributed by atoms with Crippen molar-refractivity contribution in [2.75, 3.05) is 40.0 Å². The lowest BCUT2D eigenvalue weighted by Crippen LogP contribution is -2.51. The number of carboxylic acid groups (broad SMARTS) is 1. The fraction of sp³-hybridized carbons (Fsp3) is 0.889. The summed E-state index contributed by atoms with van der Waals surface area (Å²) in [5.41, 5.74) is 0. The monoisotopic (exact) mass is 236 g/mol. The molecule has 0 aromatic heterocycles. The Labute approximate surface area is 96.1 Å². The van der Waals surface area contributed by atoms with Crippen molar-refractivity contribution < 1.29 is 19.5 Å². The number of thiol groups is 1. The lowest BCUT2D eigenvalue weighted by atomic mass is 10.2. The molecule has 0 aromatic carbocycles. The molecule has 0 saturated carbocycles. The highest BCUT2D eigenvalue weighted by Crippen LogP contribution is 1.95. The van der Waals surface area contributed by atoms with Crippen molar-refractivity contribution in [2.24, 2.45) is 0 Å². The summed E-state index contributed by atoms with van der Waals surface area (Å²) in [5, 5.41) is 22.8. The van der Waals surface area contributed by atoms with Crippen LogP contribution in [0.25, 0.3) is 0 Å². The van der Waals surface area contributed by atoms with Gasteiger partial charge in [0.25, 0.3) is 0 Å². The third kappa shape index (κ3) is 7.61. The second kappa shape index (κ2) is 6.32. The molecule has 1 unspecified atom stereocenters. The van der Waals surface area contributed by atoms with Crippen LogP contribution in [-0.4, -0.2) is 67.7 Å². The van der Waals surface area contributed by atoms with Crippen LogP contribution in [0.5, 0.6) is 0 Å². The van der Waals surface area contributed by atoms with Crippen molar-refractivity contribution in [3.63, 3.8) is 0 Å². The smallest absolute Gasteiger partial charge is 0.115 e. The molecule has 2 N–H and O–H groups in total. The lowest BCUT2D eigenvalue weighted by molar-refractivity contribution is -0.873. The highest BCUT2D eigenvalue weighted by atomic mass is 32.1. The Bertz CT molecular complexity index is 206. The molecule has 0 spiro atoms. The Morgan fingerprint density at radius 3 is 2.40 bits per heavy atom. The zero-order valence-corrected chi connectivity index (χ0v) is 10.3. The van der Waals surface area contributed by atoms with Crippen LogP contribution in [0.1, 0.15) is 0 Å². The van der Waals surface area contributed by atoms with Gasteiger partial charge in [0.1, 0.15) is 12.6 Å². The summed E-state index contributed by atoms with van der Waals surface area (Å²) < 4.78 is 0.625. The molecule has 0 aromatic rings. The Balaban J connectivity index is 3.88. The molecule has 0 aliphatic carbocycles. The van der Waals surface area contributed by atoms with Gasteiger partial charge in [-0.3, -0.25) is 0 Å². The van der Waals surface area contributed by atoms with Crippen LogP contribution < -0.4 is 10.4 Å². The summed E-state index contributed by atoms with van der Waals surface area (Å²) in [6, 6.07) is -0.810. The van der Waals surface area contributed by atoms with Crippen molar-refractivity contribution in [1.82, 2.24) is 5.32 Å². The molecule has 0 aliphatic rings. The zero-order chi connectivity index (χ0) is 12.1. The summed E-state index contributed by atoms with van der Waals surface area (Å²) in [4.78, 5) is 10.5. The fourth-order valence-electron chi connectivity index (χ4n) is 1.20. The minimum atomic E-state index is -1.19. The largest absolute Gasteiger partial charge is 0.548 e. The van der Waals surface area contributed by atoms with E-state index in [1.165, 1.54) is 0 Å². The number of aliphatic hydroxyl groups excluding tert-OH is 1. The maximum Gasteiger partial charge on any atom is 0.115 e. The van der Waals surface area contributed by atoms with Crippen molar-refractivity contribution in [3.05, 3.63) is 0 Å². The summed E-state index contributed by atoms with van der Waals surface area (Å²) in [5.74, 6) is -1.04. The average Bonchev–Trinajstić information content (AvgIpc) is 2.01. The SMILES string of the molecule is C[N+](C)(C)CC(O)CN[C@@H](CS)C(=O)[O-]. The van der Waals surface area contributed by atoms with E-state index in [-0.39, 0.29) is 12.3 Å². The van der Waals surface area contributed by atoms with Gasteiger partial charge in [0.05, 0.1) is 33.2 Å². The van der Waals surface area contributed by atoms with E-state index in [2.05, 4.69) is 17.9 Å². The molecular weight excluding hydrogens is 216 g/mol. The normalized spacial score (nSPS) is 16.1. The van der Waals surface area contributed by atoms with E-state index >= 15 is 0 Å². The number of nitrogens with one attached hydrogen (secondary N) is 1. The van der Waals surface area contributed by atoms with Gasteiger partial charge in [-0.15, -0.1) is 0 Å². The van der Waals surface area contributed by atoms with Crippen molar-refractivity contribution >= 4 is 18.6 Å². The molecule has 2 atom stereocenters. The molecule has 0 bridgehead atoms. The topological polar surface area (TPSA) is 72.4 Å². The Hall–Kier alpha value is -0.300. The molecule has 5 nitrogen and oxygen atoms in total. The van der Waals surface area contributed by atoms with Crippen LogP contribution in [0.15, 0.2) is 0 Å². The van der Waals surface area contributed by atoms with E-state index in [1.54, 1.807) is 0 Å². The number of aliphatic carboxylic acids is 1. The summed E-state index contributed by atoms with van der Waals surface area (Å²) in [6.45, 7) is 0.786. The minimum Gasteiger partial charge on any atom is -0.548 e. The molecule has 0 aliphatic heterocycles. The first-order chi connectivity index (χ1) is 6.76. The van der Waals surface area contributed by atoms with Gasteiger partial charge in [0.15, 0.2) is 0 Å². The molecule has 0 amide bonds. The highest BCUT2D eigenvalue weighted by Gasteiger charge is 2.16. The number of hydrogen-bond acceptors (Lipinski definition) is 5. The average molecular weight is 236 g/mol. The van der Waals surface area contributed by atoms with E-state index in [1.807, 2.05) is 21.1 Å². The van der Waals surface area contributed by atoms with Gasteiger partial charge in [-0.05, 0) is 0 Å². The van der Waals surface area contributed by atoms with Crippen LogP contribution in [0.4, 0.5) is 0 Å². The van der Waals surface area contributed by atoms with Crippen LogP contribution >= 0.6 is 12.6 Å². The van der Waals surface area contributed by atoms with Crippen LogP contribution in [0, 0.1) is 0 Å². The summed E-state index contributed by atoms with van der Waals surface area (Å²) in [6.07, 6.45) is -0.577. The van der Waals surface area contributed by atoms with E-state index < -0.39 is 18.1 Å². The molecule has 0 saturated heterocycles. The Kier molecular flexibility index (Phi) is 6.19.